The molecule has 722 valence electrons. The van der Waals surface area contributed by atoms with Crippen molar-refractivity contribution in [3.63, 3.8) is 0 Å². The Morgan fingerprint density at radius 3 is 0.397 bits per heavy atom. The maximum atomic E-state index is 2.72. The van der Waals surface area contributed by atoms with Crippen LogP contribution in [0.4, 0.5) is 0 Å². The lowest BCUT2D eigenvalue weighted by Gasteiger charge is -2.37. The SMILES string of the molecule is CCCC1(CCC)c2ccccc2-c2ccc(-c3ccc4c(c3)C(CCC)(CCC)c3cc(-c5ccc6c(c5)C(CC(C)CC)(CC(C)CC)c5cc(-c7ccc8c(c7)C(CCC)(CCC)c7cc(-c9ccc%10c(c9)C(CC(C)CC)(CC(C)CC)c9cc(-c%11ccc%12c(c%11)C(CCC)(CCC)c%11cc(-c%13ccc%14c(c%13)C(CCC)(CCC)c%13ccccc%13-%14)ccc%11-%12)ccc9-%10)ccc7-8)ccc5-6)ccc3-4)cc21. The summed E-state index contributed by atoms with van der Waals surface area (Å²) in [6, 6.07) is 111. The van der Waals surface area contributed by atoms with Gasteiger partial charge in [0.2, 0.25) is 0 Å². The van der Waals surface area contributed by atoms with Crippen molar-refractivity contribution in [3.05, 3.63) is 345 Å². The smallest absolute Gasteiger partial charge is 0.0220 e. The normalized spacial score (nSPS) is 18.0. The van der Waals surface area contributed by atoms with Gasteiger partial charge in [0.05, 0.1) is 0 Å². The van der Waals surface area contributed by atoms with E-state index in [1.54, 1.807) is 33.4 Å². The summed E-state index contributed by atoms with van der Waals surface area (Å²) >= 11 is 0. The predicted octanol–water partition coefficient (Wildman–Crippen LogP) is 41.3. The third kappa shape index (κ3) is 15.1. The molecule has 0 spiro atoms. The maximum absolute atomic E-state index is 2.72. The highest BCUT2D eigenvalue weighted by Crippen LogP contribution is 2.66. The maximum Gasteiger partial charge on any atom is 0.0220 e. The second-order valence-electron chi connectivity index (χ2n) is 46.2. The molecule has 0 heterocycles. The molecule has 7 aliphatic rings. The first-order chi connectivity index (χ1) is 68.7. The Balaban J connectivity index is 0.610. The lowest BCUT2D eigenvalue weighted by molar-refractivity contribution is 0.308. The molecule has 0 nitrogen and oxygen atoms in total. The van der Waals surface area contributed by atoms with Gasteiger partial charge >= 0.3 is 0 Å². The summed E-state index contributed by atoms with van der Waals surface area (Å²) in [4.78, 5) is 0. The molecule has 0 radical (unpaired) electrons. The Morgan fingerprint density at radius 2 is 0.262 bits per heavy atom. The van der Waals surface area contributed by atoms with Crippen LogP contribution in [0.1, 0.15) is 382 Å². The first kappa shape index (κ1) is 96.2. The van der Waals surface area contributed by atoms with E-state index in [1.165, 1.54) is 241 Å². The van der Waals surface area contributed by atoms with E-state index in [4.69, 9.17) is 0 Å². The minimum absolute atomic E-state index is 0.0466. The van der Waals surface area contributed by atoms with E-state index in [2.05, 4.69) is 392 Å². The third-order valence-electron chi connectivity index (χ3n) is 37.7. The average molecular weight is 1850 g/mol. The average Bonchev–Trinajstić information content (AvgIpc) is 1.56. The number of hydrogen-bond acceptors (Lipinski definition) is 0. The molecule has 14 aromatic carbocycles. The summed E-state index contributed by atoms with van der Waals surface area (Å²) in [7, 11) is 0. The van der Waals surface area contributed by atoms with Gasteiger partial charge in [-0.2, -0.15) is 0 Å². The molecule has 0 fully saturated rings. The first-order valence-corrected chi connectivity index (χ1v) is 56.7. The molecular formula is C141H158. The molecule has 4 unspecified atom stereocenters. The van der Waals surface area contributed by atoms with E-state index in [0.717, 1.165) is 128 Å². The number of rotatable bonds is 38. The van der Waals surface area contributed by atoms with Gasteiger partial charge in [-0.3, -0.25) is 0 Å². The minimum Gasteiger partial charge on any atom is -0.0653 e. The fourth-order valence-corrected chi connectivity index (χ4v) is 31.1. The summed E-state index contributed by atoms with van der Waals surface area (Å²) in [6.07, 6.45) is 32.0. The summed E-state index contributed by atoms with van der Waals surface area (Å²) < 4.78 is 0. The molecule has 0 bridgehead atoms. The third-order valence-corrected chi connectivity index (χ3v) is 37.7. The quantitative estimate of drug-likeness (QED) is 0.0362. The highest BCUT2D eigenvalue weighted by atomic mass is 14.6. The van der Waals surface area contributed by atoms with Gasteiger partial charge in [0.15, 0.2) is 0 Å². The fraction of sp³-hybridized carbons (Fsp3) is 0.404. The van der Waals surface area contributed by atoms with Crippen molar-refractivity contribution in [2.24, 2.45) is 23.7 Å². The fourth-order valence-electron chi connectivity index (χ4n) is 31.1. The van der Waals surface area contributed by atoms with E-state index >= 15 is 0 Å². The summed E-state index contributed by atoms with van der Waals surface area (Å²) in [5, 5.41) is 0. The van der Waals surface area contributed by atoms with E-state index in [0.29, 0.717) is 23.7 Å². The van der Waals surface area contributed by atoms with Crippen molar-refractivity contribution in [2.45, 2.75) is 342 Å². The zero-order valence-corrected chi connectivity index (χ0v) is 89.0. The molecule has 0 amide bonds. The molecule has 14 aromatic rings. The Hall–Kier alpha value is -10.9. The molecular weight excluding hydrogens is 1690 g/mol. The van der Waals surface area contributed by atoms with Crippen molar-refractivity contribution in [2.75, 3.05) is 0 Å². The van der Waals surface area contributed by atoms with Gasteiger partial charge < -0.3 is 0 Å². The molecule has 4 atom stereocenters. The highest BCUT2D eigenvalue weighted by molar-refractivity contribution is 5.96. The van der Waals surface area contributed by atoms with Crippen LogP contribution < -0.4 is 0 Å². The second-order valence-corrected chi connectivity index (χ2v) is 46.2. The van der Waals surface area contributed by atoms with Crippen LogP contribution >= 0.6 is 0 Å². The minimum atomic E-state index is -0.162. The van der Waals surface area contributed by atoms with Crippen LogP contribution in [-0.4, -0.2) is 0 Å². The van der Waals surface area contributed by atoms with E-state index in [1.807, 2.05) is 0 Å². The summed E-state index contributed by atoms with van der Waals surface area (Å²) in [6.45, 7) is 44.1. The van der Waals surface area contributed by atoms with Crippen molar-refractivity contribution in [1.29, 1.82) is 0 Å². The molecule has 141 heavy (non-hydrogen) atoms. The van der Waals surface area contributed by atoms with Gasteiger partial charge in [-0.15, -0.1) is 0 Å². The first-order valence-electron chi connectivity index (χ1n) is 56.7. The standard InChI is InChI=1S/C141H158/c1-19-65-135(66-20-2)121-39-35-33-37-107(121)109-53-41-95(75-123(109)135)97-43-55-111-113-57-45-99(79-127(113)137(69-23-5,70-24-6)125(111)77-97)103-49-61-117-119-63-51-105(85-133(119)140(131(117)83-103,87-91(15)29-11)88-92(16)30-12)101-47-59-115-116-60-48-102(82-130(116)139(73-27-9,74-28-10)129(115)81-101)106-52-64-120-118-62-50-104(84-132(118)141(134(120)86-106,89-93(17)31-13)90-94(18)32-14)100-46-58-114-112-56-44-98(78-126(112)138(71-25-7,72-26-8)128(114)80-100)96-42-54-110-108-38-34-36-40-122(108)136(67-21-3,68-22-4)124(110)76-96/h33-64,75-86,91-94H,19-32,65-74,87-90H2,1-18H3. The molecule has 21 rings (SSSR count). The number of hydrogen-bond donors (Lipinski definition) is 0. The number of benzene rings is 14. The van der Waals surface area contributed by atoms with Crippen LogP contribution in [0.25, 0.3) is 145 Å². The highest BCUT2D eigenvalue weighted by Gasteiger charge is 2.52. The molecule has 0 heteroatoms. The van der Waals surface area contributed by atoms with Gasteiger partial charge in [0.1, 0.15) is 0 Å². The van der Waals surface area contributed by atoms with Crippen LogP contribution in [0.15, 0.2) is 267 Å². The second kappa shape index (κ2) is 38.3. The van der Waals surface area contributed by atoms with Crippen molar-refractivity contribution in [1.82, 2.24) is 0 Å². The molecule has 0 saturated heterocycles. The zero-order valence-electron chi connectivity index (χ0n) is 89.0. The van der Waals surface area contributed by atoms with Crippen molar-refractivity contribution >= 4 is 0 Å². The number of fused-ring (bicyclic) bond motifs is 21. The molecule has 7 aliphatic carbocycles. The van der Waals surface area contributed by atoms with Crippen molar-refractivity contribution < 1.29 is 0 Å². The summed E-state index contributed by atoms with van der Waals surface area (Å²) in [5.41, 5.74) is 57.3. The van der Waals surface area contributed by atoms with Crippen LogP contribution in [-0.2, 0) is 37.9 Å². The largest absolute Gasteiger partial charge is 0.0653 e. The van der Waals surface area contributed by atoms with Crippen LogP contribution in [0, 0.1) is 23.7 Å². The van der Waals surface area contributed by atoms with Gasteiger partial charge in [-0.25, -0.2) is 0 Å². The Morgan fingerprint density at radius 1 is 0.142 bits per heavy atom. The van der Waals surface area contributed by atoms with E-state index < -0.39 is 0 Å². The molecule has 0 aromatic heterocycles. The lowest BCUT2D eigenvalue weighted by atomic mass is 9.66. The van der Waals surface area contributed by atoms with Gasteiger partial charge in [-0.05, 0) is 409 Å². The van der Waals surface area contributed by atoms with Crippen LogP contribution in [0.2, 0.25) is 0 Å². The monoisotopic (exact) mass is 1850 g/mol. The van der Waals surface area contributed by atoms with Gasteiger partial charge in [0.25, 0.3) is 0 Å². The topological polar surface area (TPSA) is 0 Å². The van der Waals surface area contributed by atoms with E-state index in [-0.39, 0.29) is 37.9 Å². The Bertz CT molecular complexity index is 6640. The lowest BCUT2D eigenvalue weighted by Crippen LogP contribution is -2.30. The van der Waals surface area contributed by atoms with Gasteiger partial charge in [0, 0.05) is 37.9 Å². The molecule has 0 aliphatic heterocycles. The van der Waals surface area contributed by atoms with E-state index in [9.17, 15) is 0 Å². The van der Waals surface area contributed by atoms with Crippen molar-refractivity contribution in [3.8, 4) is 145 Å². The molecule has 0 N–H and O–H groups in total. The zero-order chi connectivity index (χ0) is 97.8. The van der Waals surface area contributed by atoms with Gasteiger partial charge in [-0.1, -0.05) is 409 Å². The Labute approximate surface area is 849 Å². The predicted molar refractivity (Wildman–Crippen MR) is 608 cm³/mol. The molecule has 0 saturated carbocycles. The van der Waals surface area contributed by atoms with Crippen LogP contribution in [0.3, 0.4) is 0 Å². The Kier molecular flexibility index (Phi) is 26.1. The van der Waals surface area contributed by atoms with Crippen LogP contribution in [0.5, 0.6) is 0 Å². The summed E-state index contributed by atoms with van der Waals surface area (Å²) in [5.74, 6) is 2.15.